The first kappa shape index (κ1) is 23.6. The first-order chi connectivity index (χ1) is 17.1. The molecule has 0 spiro atoms. The summed E-state index contributed by atoms with van der Waals surface area (Å²) in [6, 6.07) is 29.1. The third kappa shape index (κ3) is 5.69. The van der Waals surface area contributed by atoms with Crippen LogP contribution >= 0.6 is 0 Å². The van der Waals surface area contributed by atoms with E-state index in [2.05, 4.69) is 23.5 Å². The highest BCUT2D eigenvalue weighted by atomic mass is 16.5. The molecule has 4 aromatic rings. The number of amides is 1. The van der Waals surface area contributed by atoms with Crippen LogP contribution in [0, 0.1) is 18.3 Å². The zero-order valence-corrected chi connectivity index (χ0v) is 19.7. The van der Waals surface area contributed by atoms with Gasteiger partial charge in [0, 0.05) is 5.69 Å². The van der Waals surface area contributed by atoms with Crippen molar-refractivity contribution in [3.63, 3.8) is 0 Å². The standard InChI is InChI=1S/C30H26N2O3/c1-3-34-29-18-22(17-25(19-31)30(33)32-27-14-7-4-9-21(27)2)15-16-28(29)35-20-24-12-8-11-23-10-5-6-13-26(23)24/h4-18H,3,20H2,1-2H3,(H,32,33)/b25-17-. The van der Waals surface area contributed by atoms with Crippen molar-refractivity contribution >= 4 is 28.4 Å². The number of carbonyl (C=O) groups excluding carboxylic acids is 1. The molecule has 0 radical (unpaired) electrons. The van der Waals surface area contributed by atoms with Crippen molar-refractivity contribution in [2.75, 3.05) is 11.9 Å². The molecule has 0 aromatic heterocycles. The molecule has 1 N–H and O–H groups in total. The Balaban J connectivity index is 1.55. The van der Waals surface area contributed by atoms with Crippen LogP contribution in [0.25, 0.3) is 16.8 Å². The maximum absolute atomic E-state index is 12.7. The predicted molar refractivity (Wildman–Crippen MR) is 139 cm³/mol. The molecule has 5 nitrogen and oxygen atoms in total. The number of nitrogens with one attached hydrogen (secondary N) is 1. The van der Waals surface area contributed by atoms with Crippen LogP contribution in [0.2, 0.25) is 0 Å². The number of hydrogen-bond acceptors (Lipinski definition) is 4. The second-order valence-corrected chi connectivity index (χ2v) is 8.00. The Hall–Kier alpha value is -4.56. The molecule has 0 saturated heterocycles. The monoisotopic (exact) mass is 462 g/mol. The highest BCUT2D eigenvalue weighted by molar-refractivity contribution is 6.10. The number of anilines is 1. The largest absolute Gasteiger partial charge is 0.490 e. The highest BCUT2D eigenvalue weighted by Crippen LogP contribution is 2.31. The lowest BCUT2D eigenvalue weighted by molar-refractivity contribution is -0.112. The molecule has 0 bridgehead atoms. The summed E-state index contributed by atoms with van der Waals surface area (Å²) in [5.41, 5.74) is 3.34. The van der Waals surface area contributed by atoms with Crippen LogP contribution in [0.1, 0.15) is 23.6 Å². The zero-order valence-electron chi connectivity index (χ0n) is 19.7. The van der Waals surface area contributed by atoms with Crippen molar-refractivity contribution in [2.24, 2.45) is 0 Å². The molecule has 1 amide bonds. The fourth-order valence-electron chi connectivity index (χ4n) is 3.79. The van der Waals surface area contributed by atoms with Gasteiger partial charge in [-0.05, 0) is 65.6 Å². The molecular formula is C30H26N2O3. The van der Waals surface area contributed by atoms with Crippen molar-refractivity contribution in [2.45, 2.75) is 20.5 Å². The Morgan fingerprint density at radius 3 is 2.51 bits per heavy atom. The van der Waals surface area contributed by atoms with Crippen LogP contribution in [-0.2, 0) is 11.4 Å². The predicted octanol–water partition coefficient (Wildman–Crippen LogP) is 6.67. The van der Waals surface area contributed by atoms with Gasteiger partial charge in [-0.25, -0.2) is 0 Å². The summed E-state index contributed by atoms with van der Waals surface area (Å²) in [4.78, 5) is 12.7. The van der Waals surface area contributed by atoms with Gasteiger partial charge in [0.05, 0.1) is 6.61 Å². The lowest BCUT2D eigenvalue weighted by Gasteiger charge is -2.14. The van der Waals surface area contributed by atoms with Crippen molar-refractivity contribution in [1.29, 1.82) is 5.26 Å². The Morgan fingerprint density at radius 2 is 1.71 bits per heavy atom. The number of nitrogens with zero attached hydrogens (tertiary/aromatic N) is 1. The van der Waals surface area contributed by atoms with E-state index in [1.54, 1.807) is 30.3 Å². The van der Waals surface area contributed by atoms with Gasteiger partial charge in [-0.1, -0.05) is 66.7 Å². The Kier molecular flexibility index (Phi) is 7.44. The molecular weight excluding hydrogens is 436 g/mol. The second-order valence-electron chi connectivity index (χ2n) is 8.00. The Morgan fingerprint density at radius 1 is 0.943 bits per heavy atom. The van der Waals surface area contributed by atoms with Crippen LogP contribution in [0.4, 0.5) is 5.69 Å². The molecule has 35 heavy (non-hydrogen) atoms. The molecule has 0 saturated carbocycles. The summed E-state index contributed by atoms with van der Waals surface area (Å²) in [5.74, 6) is 0.689. The summed E-state index contributed by atoms with van der Waals surface area (Å²) in [6.45, 7) is 4.64. The van der Waals surface area contributed by atoms with E-state index in [1.165, 1.54) is 0 Å². The molecule has 0 aliphatic rings. The van der Waals surface area contributed by atoms with Crippen LogP contribution < -0.4 is 14.8 Å². The number of para-hydroxylation sites is 1. The third-order valence-electron chi connectivity index (χ3n) is 5.60. The first-order valence-electron chi connectivity index (χ1n) is 11.4. The average molecular weight is 463 g/mol. The van der Waals surface area contributed by atoms with E-state index in [1.807, 2.05) is 62.4 Å². The summed E-state index contributed by atoms with van der Waals surface area (Å²) in [6.07, 6.45) is 1.55. The normalized spacial score (nSPS) is 11.1. The van der Waals surface area contributed by atoms with Gasteiger partial charge in [-0.15, -0.1) is 0 Å². The van der Waals surface area contributed by atoms with Crippen molar-refractivity contribution in [3.05, 3.63) is 107 Å². The van der Waals surface area contributed by atoms with Gasteiger partial charge in [0.1, 0.15) is 18.2 Å². The summed E-state index contributed by atoms with van der Waals surface area (Å²) in [5, 5.41) is 14.7. The van der Waals surface area contributed by atoms with Crippen LogP contribution in [0.5, 0.6) is 11.5 Å². The van der Waals surface area contributed by atoms with Crippen molar-refractivity contribution in [3.8, 4) is 17.6 Å². The minimum absolute atomic E-state index is 0.000116. The van der Waals surface area contributed by atoms with Gasteiger partial charge in [0.15, 0.2) is 11.5 Å². The molecule has 174 valence electrons. The Bertz CT molecular complexity index is 1430. The Labute approximate surface area is 205 Å². The second kappa shape index (κ2) is 11.0. The lowest BCUT2D eigenvalue weighted by Crippen LogP contribution is -2.14. The van der Waals surface area contributed by atoms with Gasteiger partial charge < -0.3 is 14.8 Å². The number of fused-ring (bicyclic) bond motifs is 1. The van der Waals surface area contributed by atoms with Gasteiger partial charge in [0.25, 0.3) is 5.91 Å². The van der Waals surface area contributed by atoms with Crippen LogP contribution in [-0.4, -0.2) is 12.5 Å². The molecule has 5 heteroatoms. The highest BCUT2D eigenvalue weighted by Gasteiger charge is 2.13. The smallest absolute Gasteiger partial charge is 0.266 e. The third-order valence-corrected chi connectivity index (χ3v) is 5.60. The molecule has 0 unspecified atom stereocenters. The van der Waals surface area contributed by atoms with E-state index >= 15 is 0 Å². The zero-order chi connectivity index (χ0) is 24.6. The molecule has 4 aromatic carbocycles. The molecule has 0 aliphatic heterocycles. The molecule has 4 rings (SSSR count). The van der Waals surface area contributed by atoms with Gasteiger partial charge in [-0.3, -0.25) is 4.79 Å². The van der Waals surface area contributed by atoms with Gasteiger partial charge in [0.2, 0.25) is 0 Å². The minimum atomic E-state index is -0.462. The van der Waals surface area contributed by atoms with Crippen molar-refractivity contribution < 1.29 is 14.3 Å². The van der Waals surface area contributed by atoms with E-state index in [0.717, 1.165) is 21.9 Å². The quantitative estimate of drug-likeness (QED) is 0.234. The van der Waals surface area contributed by atoms with E-state index in [9.17, 15) is 10.1 Å². The minimum Gasteiger partial charge on any atom is -0.490 e. The lowest BCUT2D eigenvalue weighted by atomic mass is 10.1. The van der Waals surface area contributed by atoms with Gasteiger partial charge in [-0.2, -0.15) is 5.26 Å². The van der Waals surface area contributed by atoms with E-state index in [0.29, 0.717) is 36.0 Å². The SMILES string of the molecule is CCOc1cc(/C=C(/C#N)C(=O)Nc2ccccc2C)ccc1OCc1cccc2ccccc12. The number of carbonyl (C=O) groups is 1. The number of nitriles is 1. The molecule has 0 atom stereocenters. The van der Waals surface area contributed by atoms with Crippen LogP contribution in [0.3, 0.4) is 0 Å². The topological polar surface area (TPSA) is 71.3 Å². The first-order valence-corrected chi connectivity index (χ1v) is 11.4. The number of aryl methyl sites for hydroxylation is 1. The number of ether oxygens (including phenoxy) is 2. The van der Waals surface area contributed by atoms with Crippen molar-refractivity contribution in [1.82, 2.24) is 0 Å². The summed E-state index contributed by atoms with van der Waals surface area (Å²) in [7, 11) is 0. The summed E-state index contributed by atoms with van der Waals surface area (Å²) >= 11 is 0. The van der Waals surface area contributed by atoms with E-state index in [4.69, 9.17) is 9.47 Å². The fraction of sp³-hybridized carbons (Fsp3) is 0.133. The maximum atomic E-state index is 12.7. The molecule has 0 fully saturated rings. The van der Waals surface area contributed by atoms with E-state index < -0.39 is 5.91 Å². The fourth-order valence-corrected chi connectivity index (χ4v) is 3.79. The summed E-state index contributed by atoms with van der Waals surface area (Å²) < 4.78 is 11.9. The average Bonchev–Trinajstić information content (AvgIpc) is 2.88. The maximum Gasteiger partial charge on any atom is 0.266 e. The number of hydrogen-bond donors (Lipinski definition) is 1. The molecule has 0 heterocycles. The molecule has 0 aliphatic carbocycles. The number of benzene rings is 4. The van der Waals surface area contributed by atoms with Crippen LogP contribution in [0.15, 0.2) is 90.5 Å². The van der Waals surface area contributed by atoms with Gasteiger partial charge >= 0.3 is 0 Å². The number of rotatable bonds is 8. The van der Waals surface area contributed by atoms with E-state index in [-0.39, 0.29) is 5.57 Å².